The van der Waals surface area contributed by atoms with Crippen LogP contribution in [0.1, 0.15) is 109 Å². The molecule has 0 nitrogen and oxygen atoms in total. The minimum atomic E-state index is 0.808. The summed E-state index contributed by atoms with van der Waals surface area (Å²) in [6, 6.07) is 0. The van der Waals surface area contributed by atoms with Crippen molar-refractivity contribution < 1.29 is 0 Å². The molecule has 0 N–H and O–H groups in total. The van der Waals surface area contributed by atoms with Crippen LogP contribution >= 0.6 is 0 Å². The highest BCUT2D eigenvalue weighted by Crippen LogP contribution is 2.39. The molecule has 0 aromatic carbocycles. The van der Waals surface area contributed by atoms with Crippen LogP contribution in [0.15, 0.2) is 0 Å². The Morgan fingerprint density at radius 1 is 0.333 bits per heavy atom. The minimum absolute atomic E-state index is 0.808. The van der Waals surface area contributed by atoms with E-state index in [1.807, 2.05) is 0 Å². The van der Waals surface area contributed by atoms with Gasteiger partial charge < -0.3 is 0 Å². The van der Waals surface area contributed by atoms with Crippen molar-refractivity contribution in [3.8, 4) is 0 Å². The van der Waals surface area contributed by atoms with Gasteiger partial charge in [-0.2, -0.15) is 0 Å². The minimum Gasteiger partial charge on any atom is -0.0651 e. The lowest BCUT2D eigenvalue weighted by molar-refractivity contribution is 0.107. The van der Waals surface area contributed by atoms with Gasteiger partial charge in [-0.25, -0.2) is 0 Å². The van der Waals surface area contributed by atoms with Crippen molar-refractivity contribution in [1.29, 1.82) is 0 Å². The third-order valence-corrected chi connectivity index (χ3v) is 9.77. The molecule has 27 heavy (non-hydrogen) atoms. The standard InChI is InChI=1S/C27H56/c1-14-17(3)21(7)25(11)23(9)19(5)16-20(6)24(10)27(13)26(12)22(8)18(4)15-2/h17-27H,14-16H2,1-13H3. The molecule has 0 aliphatic rings. The lowest BCUT2D eigenvalue weighted by atomic mass is 9.67. The van der Waals surface area contributed by atoms with Crippen molar-refractivity contribution in [3.63, 3.8) is 0 Å². The summed E-state index contributed by atoms with van der Waals surface area (Å²) < 4.78 is 0. The van der Waals surface area contributed by atoms with Crippen molar-refractivity contribution >= 4 is 0 Å². The molecule has 11 atom stereocenters. The van der Waals surface area contributed by atoms with E-state index in [4.69, 9.17) is 0 Å². The first-order chi connectivity index (χ1) is 12.4. The fraction of sp³-hybridized carbons (Fsp3) is 1.00. The zero-order valence-corrected chi connectivity index (χ0v) is 21.5. The molecular formula is C27H56. The van der Waals surface area contributed by atoms with Crippen molar-refractivity contribution in [2.45, 2.75) is 109 Å². The van der Waals surface area contributed by atoms with Gasteiger partial charge in [0.05, 0.1) is 0 Å². The Balaban J connectivity index is 4.82. The maximum Gasteiger partial charge on any atom is -0.0386 e. The Labute approximate surface area is 174 Å². The van der Waals surface area contributed by atoms with E-state index < -0.39 is 0 Å². The third-order valence-electron chi connectivity index (χ3n) is 9.77. The average molecular weight is 381 g/mol. The van der Waals surface area contributed by atoms with Gasteiger partial charge in [-0.15, -0.1) is 0 Å². The van der Waals surface area contributed by atoms with E-state index in [1.54, 1.807) is 0 Å². The van der Waals surface area contributed by atoms with Gasteiger partial charge in [-0.1, -0.05) is 103 Å². The van der Waals surface area contributed by atoms with Crippen molar-refractivity contribution in [3.05, 3.63) is 0 Å². The second-order valence-electron chi connectivity index (χ2n) is 11.0. The van der Waals surface area contributed by atoms with Gasteiger partial charge in [0.25, 0.3) is 0 Å². The maximum absolute atomic E-state index is 2.53. The molecule has 0 amide bonds. The van der Waals surface area contributed by atoms with Crippen molar-refractivity contribution in [2.75, 3.05) is 0 Å². The van der Waals surface area contributed by atoms with Gasteiger partial charge in [0.1, 0.15) is 0 Å². The highest BCUT2D eigenvalue weighted by atomic mass is 14.4. The largest absolute Gasteiger partial charge is 0.0651 e. The first kappa shape index (κ1) is 27.0. The van der Waals surface area contributed by atoms with E-state index in [1.165, 1.54) is 19.3 Å². The quantitative estimate of drug-likeness (QED) is 0.298. The van der Waals surface area contributed by atoms with E-state index in [0.29, 0.717) is 0 Å². The SMILES string of the molecule is CCC(C)C(C)C(C)C(C)C(C)CC(C)C(C)C(C)C(C)C(C)C(C)CC. The molecular weight excluding hydrogens is 324 g/mol. The van der Waals surface area contributed by atoms with E-state index in [0.717, 1.165) is 65.1 Å². The number of rotatable bonds is 13. The van der Waals surface area contributed by atoms with Gasteiger partial charge >= 0.3 is 0 Å². The van der Waals surface area contributed by atoms with Gasteiger partial charge in [0.15, 0.2) is 0 Å². The molecule has 0 bridgehead atoms. The second-order valence-corrected chi connectivity index (χ2v) is 11.0. The number of hydrogen-bond acceptors (Lipinski definition) is 0. The fourth-order valence-corrected chi connectivity index (χ4v) is 5.27. The van der Waals surface area contributed by atoms with Crippen molar-refractivity contribution in [2.24, 2.45) is 65.1 Å². The van der Waals surface area contributed by atoms with Crippen LogP contribution < -0.4 is 0 Å². The van der Waals surface area contributed by atoms with E-state index in [-0.39, 0.29) is 0 Å². The zero-order valence-electron chi connectivity index (χ0n) is 21.5. The summed E-state index contributed by atoms with van der Waals surface area (Å²) in [5, 5.41) is 0. The molecule has 164 valence electrons. The highest BCUT2D eigenvalue weighted by Gasteiger charge is 2.32. The molecule has 0 aromatic heterocycles. The van der Waals surface area contributed by atoms with Crippen LogP contribution in [0.2, 0.25) is 0 Å². The summed E-state index contributed by atoms with van der Waals surface area (Å²) in [5.74, 6) is 9.03. The average Bonchev–Trinajstić information content (AvgIpc) is 2.67. The summed E-state index contributed by atoms with van der Waals surface area (Å²) in [6.07, 6.45) is 4.00. The third kappa shape index (κ3) is 7.74. The Kier molecular flexibility index (Phi) is 12.5. The fourth-order valence-electron chi connectivity index (χ4n) is 5.27. The number of hydrogen-bond donors (Lipinski definition) is 0. The molecule has 0 saturated carbocycles. The lowest BCUT2D eigenvalue weighted by Crippen LogP contribution is -2.31. The summed E-state index contributed by atoms with van der Waals surface area (Å²) in [6.45, 7) is 32.1. The molecule has 0 rings (SSSR count). The van der Waals surface area contributed by atoms with Crippen LogP contribution in [0.25, 0.3) is 0 Å². The molecule has 0 spiro atoms. The predicted molar refractivity (Wildman–Crippen MR) is 126 cm³/mol. The van der Waals surface area contributed by atoms with E-state index in [2.05, 4.69) is 90.0 Å². The Bertz CT molecular complexity index is 372. The van der Waals surface area contributed by atoms with Gasteiger partial charge in [0, 0.05) is 0 Å². The van der Waals surface area contributed by atoms with Crippen molar-refractivity contribution in [1.82, 2.24) is 0 Å². The predicted octanol–water partition coefficient (Wildman–Crippen LogP) is 9.19. The smallest absolute Gasteiger partial charge is 0.0386 e. The first-order valence-corrected chi connectivity index (χ1v) is 12.4. The topological polar surface area (TPSA) is 0 Å². The van der Waals surface area contributed by atoms with Gasteiger partial charge in [-0.3, -0.25) is 0 Å². The van der Waals surface area contributed by atoms with Gasteiger partial charge in [-0.05, 0) is 71.5 Å². The monoisotopic (exact) mass is 380 g/mol. The molecule has 0 heterocycles. The highest BCUT2D eigenvalue weighted by molar-refractivity contribution is 4.81. The second kappa shape index (κ2) is 12.5. The van der Waals surface area contributed by atoms with Crippen LogP contribution in [0.5, 0.6) is 0 Å². The van der Waals surface area contributed by atoms with Crippen LogP contribution in [0, 0.1) is 65.1 Å². The maximum atomic E-state index is 2.53. The Hall–Kier alpha value is 0. The molecule has 11 unspecified atom stereocenters. The van der Waals surface area contributed by atoms with Crippen LogP contribution in [0.4, 0.5) is 0 Å². The molecule has 0 aliphatic carbocycles. The molecule has 0 aromatic rings. The molecule has 0 saturated heterocycles. The van der Waals surface area contributed by atoms with Crippen LogP contribution in [-0.4, -0.2) is 0 Å². The summed E-state index contributed by atoms with van der Waals surface area (Å²) in [7, 11) is 0. The summed E-state index contributed by atoms with van der Waals surface area (Å²) in [5.41, 5.74) is 0. The zero-order chi connectivity index (χ0) is 21.5. The van der Waals surface area contributed by atoms with Gasteiger partial charge in [0.2, 0.25) is 0 Å². The molecule has 0 fully saturated rings. The lowest BCUT2D eigenvalue weighted by Gasteiger charge is -2.38. The molecule has 0 heteroatoms. The first-order valence-electron chi connectivity index (χ1n) is 12.4. The van der Waals surface area contributed by atoms with Crippen LogP contribution in [0.3, 0.4) is 0 Å². The van der Waals surface area contributed by atoms with Crippen LogP contribution in [-0.2, 0) is 0 Å². The van der Waals surface area contributed by atoms with E-state index >= 15 is 0 Å². The molecule has 0 aliphatic heterocycles. The Morgan fingerprint density at radius 3 is 0.815 bits per heavy atom. The Morgan fingerprint density at radius 2 is 0.556 bits per heavy atom. The van der Waals surface area contributed by atoms with E-state index in [9.17, 15) is 0 Å². The summed E-state index contributed by atoms with van der Waals surface area (Å²) in [4.78, 5) is 0. The normalized spacial score (nSPS) is 24.8. The molecule has 0 radical (unpaired) electrons. The summed E-state index contributed by atoms with van der Waals surface area (Å²) >= 11 is 0.